The summed E-state index contributed by atoms with van der Waals surface area (Å²) in [4.78, 5) is 4.56. The molecule has 1 aliphatic rings. The molecule has 0 fully saturated rings. The molecule has 1 aliphatic heterocycles. The summed E-state index contributed by atoms with van der Waals surface area (Å²) in [5, 5.41) is 8.13. The molecule has 5 heteroatoms. The highest BCUT2D eigenvalue weighted by Crippen LogP contribution is 2.18. The van der Waals surface area contributed by atoms with Crippen molar-refractivity contribution in [3.05, 3.63) is 47.6 Å². The van der Waals surface area contributed by atoms with Crippen LogP contribution in [0.25, 0.3) is 6.08 Å². The molecule has 1 aromatic heterocycles. The van der Waals surface area contributed by atoms with Crippen LogP contribution in [0.1, 0.15) is 30.6 Å². The lowest BCUT2D eigenvalue weighted by Gasteiger charge is -2.23. The van der Waals surface area contributed by atoms with Gasteiger partial charge in [0.15, 0.2) is 5.82 Å². The van der Waals surface area contributed by atoms with Crippen LogP contribution in [0, 0.1) is 0 Å². The first-order valence-corrected chi connectivity index (χ1v) is 8.25. The van der Waals surface area contributed by atoms with Crippen LogP contribution < -0.4 is 10.1 Å². The van der Waals surface area contributed by atoms with Gasteiger partial charge in [-0.15, -0.1) is 0 Å². The standard InChI is InChI=1S/C18H24N4O/c1-3-17-20-18-11-10-15(13-22(18)21-17)19-12-6-8-14-7-4-5-9-16(14)23-2/h4-9,15,19H,3,10-13H2,1-2H3/b8-6-/t15-/m0/s1. The molecule has 23 heavy (non-hydrogen) atoms. The Kier molecular flexibility index (Phi) is 5.08. The molecule has 0 bridgehead atoms. The Morgan fingerprint density at radius 3 is 3.09 bits per heavy atom. The van der Waals surface area contributed by atoms with E-state index in [0.29, 0.717) is 6.04 Å². The van der Waals surface area contributed by atoms with Gasteiger partial charge in [-0.1, -0.05) is 37.3 Å². The second-order valence-electron chi connectivity index (χ2n) is 5.77. The molecular formula is C18H24N4O. The van der Waals surface area contributed by atoms with Crippen molar-refractivity contribution >= 4 is 6.08 Å². The third-order valence-corrected chi connectivity index (χ3v) is 4.18. The maximum atomic E-state index is 5.35. The first-order chi connectivity index (χ1) is 11.3. The molecule has 1 N–H and O–H groups in total. The van der Waals surface area contributed by atoms with Crippen molar-refractivity contribution in [2.45, 2.75) is 38.8 Å². The predicted octanol–water partition coefficient (Wildman–Crippen LogP) is 2.47. The molecule has 5 nitrogen and oxygen atoms in total. The van der Waals surface area contributed by atoms with E-state index in [9.17, 15) is 0 Å². The Hall–Kier alpha value is -2.14. The van der Waals surface area contributed by atoms with Crippen molar-refractivity contribution in [1.82, 2.24) is 20.1 Å². The maximum absolute atomic E-state index is 5.35. The lowest BCUT2D eigenvalue weighted by atomic mass is 10.1. The average molecular weight is 312 g/mol. The number of para-hydroxylation sites is 1. The molecule has 2 heterocycles. The molecule has 0 saturated carbocycles. The third-order valence-electron chi connectivity index (χ3n) is 4.18. The molecule has 2 aromatic rings. The Morgan fingerprint density at radius 1 is 1.39 bits per heavy atom. The summed E-state index contributed by atoms with van der Waals surface area (Å²) in [5.74, 6) is 2.99. The second-order valence-corrected chi connectivity index (χ2v) is 5.77. The van der Waals surface area contributed by atoms with Gasteiger partial charge in [0.25, 0.3) is 0 Å². The zero-order valence-corrected chi connectivity index (χ0v) is 13.8. The van der Waals surface area contributed by atoms with Crippen molar-refractivity contribution in [1.29, 1.82) is 0 Å². The van der Waals surface area contributed by atoms with Gasteiger partial charge < -0.3 is 10.1 Å². The highest BCUT2D eigenvalue weighted by Gasteiger charge is 2.20. The fourth-order valence-electron chi connectivity index (χ4n) is 2.90. The molecular weight excluding hydrogens is 288 g/mol. The molecule has 0 radical (unpaired) electrons. The number of hydrogen-bond acceptors (Lipinski definition) is 4. The van der Waals surface area contributed by atoms with E-state index in [1.807, 2.05) is 18.2 Å². The minimum Gasteiger partial charge on any atom is -0.496 e. The highest BCUT2D eigenvalue weighted by molar-refractivity contribution is 5.57. The van der Waals surface area contributed by atoms with Gasteiger partial charge in [-0.2, -0.15) is 5.10 Å². The monoisotopic (exact) mass is 312 g/mol. The van der Waals surface area contributed by atoms with Crippen LogP contribution in [0.2, 0.25) is 0 Å². The topological polar surface area (TPSA) is 52.0 Å². The minimum absolute atomic E-state index is 0.455. The number of hydrogen-bond donors (Lipinski definition) is 1. The molecule has 3 rings (SSSR count). The van der Waals surface area contributed by atoms with Gasteiger partial charge in [0.05, 0.1) is 13.7 Å². The number of fused-ring (bicyclic) bond motifs is 1. The number of aryl methyl sites for hydroxylation is 2. The number of ether oxygens (including phenoxy) is 1. The summed E-state index contributed by atoms with van der Waals surface area (Å²) in [5.41, 5.74) is 1.10. The van der Waals surface area contributed by atoms with E-state index < -0.39 is 0 Å². The zero-order chi connectivity index (χ0) is 16.1. The molecule has 122 valence electrons. The van der Waals surface area contributed by atoms with Crippen LogP contribution >= 0.6 is 0 Å². The quantitative estimate of drug-likeness (QED) is 0.890. The van der Waals surface area contributed by atoms with E-state index in [2.05, 4.69) is 45.2 Å². The zero-order valence-electron chi connectivity index (χ0n) is 13.8. The number of benzene rings is 1. The molecule has 0 aliphatic carbocycles. The fraction of sp³-hybridized carbons (Fsp3) is 0.444. The Balaban J connectivity index is 1.52. The van der Waals surface area contributed by atoms with Crippen LogP contribution in [0.5, 0.6) is 5.75 Å². The minimum atomic E-state index is 0.455. The van der Waals surface area contributed by atoms with Crippen molar-refractivity contribution in [2.75, 3.05) is 13.7 Å². The van der Waals surface area contributed by atoms with Crippen LogP contribution in [-0.4, -0.2) is 34.5 Å². The lowest BCUT2D eigenvalue weighted by Crippen LogP contribution is -2.37. The lowest BCUT2D eigenvalue weighted by molar-refractivity contribution is 0.369. The van der Waals surface area contributed by atoms with Crippen LogP contribution in [0.3, 0.4) is 0 Å². The van der Waals surface area contributed by atoms with Crippen LogP contribution in [0.15, 0.2) is 30.3 Å². The number of nitrogens with one attached hydrogen (secondary N) is 1. The van der Waals surface area contributed by atoms with Gasteiger partial charge in [-0.3, -0.25) is 0 Å². The molecule has 0 spiro atoms. The summed E-state index contributed by atoms with van der Waals surface area (Å²) in [6.07, 6.45) is 7.27. The van der Waals surface area contributed by atoms with Gasteiger partial charge in [0.1, 0.15) is 11.6 Å². The summed E-state index contributed by atoms with van der Waals surface area (Å²) in [7, 11) is 1.70. The van der Waals surface area contributed by atoms with E-state index >= 15 is 0 Å². The smallest absolute Gasteiger partial charge is 0.150 e. The van der Waals surface area contributed by atoms with Gasteiger partial charge in [0.2, 0.25) is 0 Å². The molecule has 0 unspecified atom stereocenters. The van der Waals surface area contributed by atoms with Crippen molar-refractivity contribution in [2.24, 2.45) is 0 Å². The molecule has 0 amide bonds. The second kappa shape index (κ2) is 7.42. The van der Waals surface area contributed by atoms with Crippen molar-refractivity contribution in [3.8, 4) is 5.75 Å². The van der Waals surface area contributed by atoms with Crippen LogP contribution in [-0.2, 0) is 19.4 Å². The summed E-state index contributed by atoms with van der Waals surface area (Å²) in [6, 6.07) is 8.50. The Morgan fingerprint density at radius 2 is 2.26 bits per heavy atom. The Labute approximate surface area is 137 Å². The first kappa shape index (κ1) is 15.7. The average Bonchev–Trinajstić information content (AvgIpc) is 3.01. The van der Waals surface area contributed by atoms with Gasteiger partial charge in [-0.05, 0) is 12.5 Å². The summed E-state index contributed by atoms with van der Waals surface area (Å²) >= 11 is 0. The van der Waals surface area contributed by atoms with E-state index in [1.165, 1.54) is 0 Å². The highest BCUT2D eigenvalue weighted by atomic mass is 16.5. The predicted molar refractivity (Wildman–Crippen MR) is 91.5 cm³/mol. The molecule has 1 aromatic carbocycles. The fourth-order valence-corrected chi connectivity index (χ4v) is 2.90. The van der Waals surface area contributed by atoms with Crippen molar-refractivity contribution in [3.63, 3.8) is 0 Å². The number of methoxy groups -OCH3 is 1. The molecule has 1 atom stereocenters. The first-order valence-electron chi connectivity index (χ1n) is 8.25. The van der Waals surface area contributed by atoms with Gasteiger partial charge >= 0.3 is 0 Å². The number of aromatic nitrogens is 3. The number of rotatable bonds is 6. The molecule has 0 saturated heterocycles. The van der Waals surface area contributed by atoms with Crippen molar-refractivity contribution < 1.29 is 4.74 Å². The summed E-state index contributed by atoms with van der Waals surface area (Å²) < 4.78 is 7.41. The largest absolute Gasteiger partial charge is 0.496 e. The maximum Gasteiger partial charge on any atom is 0.150 e. The SMILES string of the molecule is CCc1nc2n(n1)C[C@@H](NC/C=C\c1ccccc1OC)CC2. The normalized spacial score (nSPS) is 17.4. The van der Waals surface area contributed by atoms with Gasteiger partial charge in [0, 0.05) is 31.0 Å². The van der Waals surface area contributed by atoms with Crippen LogP contribution in [0.4, 0.5) is 0 Å². The van der Waals surface area contributed by atoms with E-state index in [0.717, 1.165) is 55.3 Å². The van der Waals surface area contributed by atoms with E-state index in [4.69, 9.17) is 4.74 Å². The van der Waals surface area contributed by atoms with E-state index in [1.54, 1.807) is 7.11 Å². The Bertz CT molecular complexity index is 677. The third kappa shape index (κ3) is 3.79. The number of nitrogens with zero attached hydrogens (tertiary/aromatic N) is 3. The summed E-state index contributed by atoms with van der Waals surface area (Å²) in [6.45, 7) is 3.85. The van der Waals surface area contributed by atoms with Gasteiger partial charge in [-0.25, -0.2) is 9.67 Å². The van der Waals surface area contributed by atoms with E-state index in [-0.39, 0.29) is 0 Å².